The molecule has 9 heteroatoms. The van der Waals surface area contributed by atoms with Crippen LogP contribution in [0.5, 0.6) is 5.75 Å². The molecule has 1 atom stereocenters. The third-order valence-corrected chi connectivity index (χ3v) is 4.73. The smallest absolute Gasteiger partial charge is 0.320 e. The van der Waals surface area contributed by atoms with Crippen LogP contribution in [0.15, 0.2) is 48.8 Å². The van der Waals surface area contributed by atoms with Crippen molar-refractivity contribution in [3.63, 3.8) is 0 Å². The number of amides is 2. The van der Waals surface area contributed by atoms with Crippen molar-refractivity contribution in [2.45, 2.75) is 12.5 Å². The fourth-order valence-corrected chi connectivity index (χ4v) is 3.29. The van der Waals surface area contributed by atoms with Gasteiger partial charge in [-0.25, -0.2) is 14.5 Å². The maximum absolute atomic E-state index is 12.4. The van der Waals surface area contributed by atoms with Crippen LogP contribution in [-0.4, -0.2) is 34.5 Å². The van der Waals surface area contributed by atoms with Gasteiger partial charge in [0.15, 0.2) is 5.82 Å². The molecule has 0 saturated carbocycles. The van der Waals surface area contributed by atoms with Crippen molar-refractivity contribution >= 4 is 29.3 Å². The van der Waals surface area contributed by atoms with Crippen LogP contribution in [0.2, 0.25) is 5.02 Å². The number of aromatic nitrogens is 3. The first-order valence-electron chi connectivity index (χ1n) is 8.82. The number of halogens is 1. The van der Waals surface area contributed by atoms with Crippen LogP contribution in [0, 0.1) is 0 Å². The number of para-hydroxylation sites is 1. The van der Waals surface area contributed by atoms with Crippen molar-refractivity contribution in [2.24, 2.45) is 0 Å². The molecule has 0 unspecified atom stereocenters. The molecule has 3 N–H and O–H groups in total. The van der Waals surface area contributed by atoms with Gasteiger partial charge in [-0.2, -0.15) is 0 Å². The Labute approximate surface area is 166 Å². The van der Waals surface area contributed by atoms with Crippen LogP contribution in [-0.2, 0) is 0 Å². The van der Waals surface area contributed by atoms with Gasteiger partial charge < -0.3 is 15.4 Å². The Morgan fingerprint density at radius 3 is 2.93 bits per heavy atom. The van der Waals surface area contributed by atoms with Crippen molar-refractivity contribution in [3.8, 4) is 11.4 Å². The van der Waals surface area contributed by atoms with E-state index in [1.807, 2.05) is 24.3 Å². The highest BCUT2D eigenvalue weighted by Crippen LogP contribution is 2.37. The number of urea groups is 1. The lowest BCUT2D eigenvalue weighted by atomic mass is 10.0. The molecular weight excluding hydrogens is 380 g/mol. The summed E-state index contributed by atoms with van der Waals surface area (Å²) in [5, 5.41) is 13.6. The van der Waals surface area contributed by atoms with Crippen LogP contribution >= 0.6 is 11.6 Å². The van der Waals surface area contributed by atoms with Gasteiger partial charge in [-0.05, 0) is 18.2 Å². The lowest BCUT2D eigenvalue weighted by Crippen LogP contribution is -2.35. The quantitative estimate of drug-likeness (QED) is 0.624. The molecule has 2 aromatic heterocycles. The fraction of sp³-hybridized carbons (Fsp3) is 0.211. The second-order valence-corrected chi connectivity index (χ2v) is 6.65. The number of nitrogens with one attached hydrogen (secondary N) is 3. The number of pyridine rings is 1. The number of carbonyl (C=O) groups is 1. The summed E-state index contributed by atoms with van der Waals surface area (Å²) in [5.74, 6) is 1.83. The zero-order chi connectivity index (χ0) is 19.5. The van der Waals surface area contributed by atoms with E-state index < -0.39 is 0 Å². The molecule has 4 rings (SSSR count). The summed E-state index contributed by atoms with van der Waals surface area (Å²) in [6, 6.07) is 10.5. The SMILES string of the molecule is CNc1ccc(-n2ccc(NC(=O)N[C@H]3CCOc4c(Cl)cccc43)n2)cn1. The summed E-state index contributed by atoms with van der Waals surface area (Å²) in [7, 11) is 1.81. The highest BCUT2D eigenvalue weighted by molar-refractivity contribution is 6.32. The Bertz CT molecular complexity index is 988. The standard InChI is InChI=1S/C19H19ClN6O2/c1-21-16-6-5-12(11-22-16)26-9-7-17(25-26)24-19(27)23-15-8-10-28-18-13(15)3-2-4-14(18)20/h2-7,9,11,15H,8,10H2,1H3,(H,21,22)(H2,23,24,25,27)/t15-/m0/s1. The van der Waals surface area contributed by atoms with E-state index in [0.29, 0.717) is 29.6 Å². The van der Waals surface area contributed by atoms with Gasteiger partial charge >= 0.3 is 6.03 Å². The zero-order valence-corrected chi connectivity index (χ0v) is 15.9. The molecule has 0 fully saturated rings. The van der Waals surface area contributed by atoms with Gasteiger partial charge in [-0.3, -0.25) is 5.32 Å². The topological polar surface area (TPSA) is 93.1 Å². The first-order valence-corrected chi connectivity index (χ1v) is 9.20. The Morgan fingerprint density at radius 2 is 2.14 bits per heavy atom. The minimum Gasteiger partial charge on any atom is -0.492 e. The van der Waals surface area contributed by atoms with Gasteiger partial charge in [0, 0.05) is 31.3 Å². The minimum atomic E-state index is -0.341. The Balaban J connectivity index is 1.42. The molecule has 0 spiro atoms. The summed E-state index contributed by atoms with van der Waals surface area (Å²) < 4.78 is 7.27. The maximum Gasteiger partial charge on any atom is 0.320 e. The molecule has 8 nitrogen and oxygen atoms in total. The number of fused-ring (bicyclic) bond motifs is 1. The van der Waals surface area contributed by atoms with Crippen LogP contribution in [0.1, 0.15) is 18.0 Å². The summed E-state index contributed by atoms with van der Waals surface area (Å²) >= 11 is 6.18. The van der Waals surface area contributed by atoms with Crippen LogP contribution < -0.4 is 20.7 Å². The first kappa shape index (κ1) is 18.1. The molecule has 1 aliphatic heterocycles. The second kappa shape index (κ2) is 7.77. The summed E-state index contributed by atoms with van der Waals surface area (Å²) in [6.45, 7) is 0.492. The van der Waals surface area contributed by atoms with Crippen molar-refractivity contribution in [1.29, 1.82) is 0 Å². The molecule has 144 valence electrons. The van der Waals surface area contributed by atoms with Gasteiger partial charge in [0.1, 0.15) is 11.6 Å². The zero-order valence-electron chi connectivity index (χ0n) is 15.1. The van der Waals surface area contributed by atoms with Crippen LogP contribution in [0.25, 0.3) is 5.69 Å². The Hall–Kier alpha value is -3.26. The lowest BCUT2D eigenvalue weighted by Gasteiger charge is -2.27. The van der Waals surface area contributed by atoms with Crippen LogP contribution in [0.3, 0.4) is 0 Å². The van der Waals surface area contributed by atoms with E-state index in [9.17, 15) is 4.79 Å². The third kappa shape index (κ3) is 3.72. The second-order valence-electron chi connectivity index (χ2n) is 6.24. The Morgan fingerprint density at radius 1 is 1.25 bits per heavy atom. The molecular formula is C19H19ClN6O2. The summed E-state index contributed by atoms with van der Waals surface area (Å²) in [5.41, 5.74) is 1.66. The van der Waals surface area contributed by atoms with E-state index in [1.165, 1.54) is 0 Å². The van der Waals surface area contributed by atoms with E-state index in [0.717, 1.165) is 17.1 Å². The number of carbonyl (C=O) groups excluding carboxylic acids is 1. The minimum absolute atomic E-state index is 0.178. The number of anilines is 2. The molecule has 1 aromatic carbocycles. The number of rotatable bonds is 4. The fourth-order valence-electron chi connectivity index (χ4n) is 3.05. The van der Waals surface area contributed by atoms with Gasteiger partial charge in [0.2, 0.25) is 0 Å². The molecule has 3 aromatic rings. The third-order valence-electron chi connectivity index (χ3n) is 4.43. The lowest BCUT2D eigenvalue weighted by molar-refractivity contribution is 0.232. The normalized spacial score (nSPS) is 15.3. The molecule has 0 aliphatic carbocycles. The Kier molecular flexibility index (Phi) is 5.03. The molecule has 0 radical (unpaired) electrons. The van der Waals surface area contributed by atoms with Crippen molar-refractivity contribution in [1.82, 2.24) is 20.1 Å². The van der Waals surface area contributed by atoms with Gasteiger partial charge in [0.05, 0.1) is 29.6 Å². The average Bonchev–Trinajstić information content (AvgIpc) is 3.17. The van der Waals surface area contributed by atoms with Crippen molar-refractivity contribution < 1.29 is 9.53 Å². The molecule has 0 saturated heterocycles. The van der Waals surface area contributed by atoms with E-state index in [-0.39, 0.29) is 12.1 Å². The van der Waals surface area contributed by atoms with E-state index >= 15 is 0 Å². The van der Waals surface area contributed by atoms with Crippen molar-refractivity contribution in [3.05, 3.63) is 59.4 Å². The van der Waals surface area contributed by atoms with Crippen molar-refractivity contribution in [2.75, 3.05) is 24.3 Å². The summed E-state index contributed by atoms with van der Waals surface area (Å²) in [6.07, 6.45) is 4.12. The van der Waals surface area contributed by atoms with E-state index in [1.54, 1.807) is 36.3 Å². The monoisotopic (exact) mass is 398 g/mol. The maximum atomic E-state index is 12.4. The van der Waals surface area contributed by atoms with Gasteiger partial charge in [-0.15, -0.1) is 5.10 Å². The molecule has 28 heavy (non-hydrogen) atoms. The number of benzene rings is 1. The molecule has 0 bridgehead atoms. The predicted molar refractivity (Wildman–Crippen MR) is 107 cm³/mol. The largest absolute Gasteiger partial charge is 0.492 e. The van der Waals surface area contributed by atoms with Gasteiger partial charge in [-0.1, -0.05) is 23.7 Å². The molecule has 1 aliphatic rings. The number of ether oxygens (including phenoxy) is 1. The number of nitrogens with zero attached hydrogens (tertiary/aromatic N) is 3. The number of hydrogen-bond donors (Lipinski definition) is 3. The highest BCUT2D eigenvalue weighted by atomic mass is 35.5. The first-order chi connectivity index (χ1) is 13.6. The molecule has 2 amide bonds. The summed E-state index contributed by atoms with van der Waals surface area (Å²) in [4.78, 5) is 16.7. The van der Waals surface area contributed by atoms with Gasteiger partial charge in [0.25, 0.3) is 0 Å². The highest BCUT2D eigenvalue weighted by Gasteiger charge is 2.24. The predicted octanol–water partition coefficient (Wildman–Crippen LogP) is 3.61. The van der Waals surface area contributed by atoms with Crippen LogP contribution in [0.4, 0.5) is 16.4 Å². The number of hydrogen-bond acceptors (Lipinski definition) is 5. The van der Waals surface area contributed by atoms with E-state index in [2.05, 4.69) is 26.0 Å². The average molecular weight is 399 g/mol. The molecule has 3 heterocycles. The van der Waals surface area contributed by atoms with E-state index in [4.69, 9.17) is 16.3 Å².